The minimum absolute atomic E-state index is 0.636. The van der Waals surface area contributed by atoms with E-state index in [9.17, 15) is 0 Å². The summed E-state index contributed by atoms with van der Waals surface area (Å²) in [6.45, 7) is 19.7. The van der Waals surface area contributed by atoms with E-state index in [4.69, 9.17) is 0 Å². The average Bonchev–Trinajstić information content (AvgIpc) is 2.32. The molecular weight excluding hydrogens is 246 g/mol. The minimum atomic E-state index is 0.636. The molecule has 0 fully saturated rings. The van der Waals surface area contributed by atoms with Gasteiger partial charge >= 0.3 is 0 Å². The molecule has 0 bridgehead atoms. The van der Waals surface area contributed by atoms with Crippen molar-refractivity contribution in [2.45, 2.75) is 47.6 Å². The Labute approximate surface area is 128 Å². The number of nitrogens with one attached hydrogen (secondary N) is 1. The molecule has 0 aliphatic rings. The normalized spacial score (nSPS) is 15.6. The van der Waals surface area contributed by atoms with Crippen molar-refractivity contribution < 1.29 is 0 Å². The first-order valence-electron chi connectivity index (χ1n) is 8.33. The maximum Gasteiger partial charge on any atom is 0.0112 e. The fourth-order valence-electron chi connectivity index (χ4n) is 2.39. The fraction of sp³-hybridized carbons (Fsp3) is 1.00. The molecule has 0 amide bonds. The molecule has 0 saturated carbocycles. The number of likely N-dealkylation sites (N-methyl/N-ethyl adjacent to an activating group) is 1. The molecule has 0 spiro atoms. The van der Waals surface area contributed by atoms with Crippen LogP contribution < -0.4 is 5.32 Å². The van der Waals surface area contributed by atoms with Gasteiger partial charge in [-0.15, -0.1) is 0 Å². The van der Waals surface area contributed by atoms with Crippen LogP contribution in [-0.2, 0) is 0 Å². The summed E-state index contributed by atoms with van der Waals surface area (Å²) >= 11 is 0. The molecule has 0 saturated heterocycles. The number of nitrogens with zero attached hydrogens (tertiary/aromatic N) is 2. The van der Waals surface area contributed by atoms with Crippen molar-refractivity contribution in [3.63, 3.8) is 0 Å². The Morgan fingerprint density at radius 2 is 1.40 bits per heavy atom. The Morgan fingerprint density at radius 1 is 0.800 bits per heavy atom. The van der Waals surface area contributed by atoms with E-state index < -0.39 is 0 Å². The van der Waals surface area contributed by atoms with E-state index in [-0.39, 0.29) is 0 Å². The summed E-state index contributed by atoms with van der Waals surface area (Å²) in [4.78, 5) is 4.94. The summed E-state index contributed by atoms with van der Waals surface area (Å²) < 4.78 is 0. The van der Waals surface area contributed by atoms with Gasteiger partial charge in [-0.2, -0.15) is 0 Å². The second-order valence-electron chi connectivity index (χ2n) is 7.46. The van der Waals surface area contributed by atoms with Crippen LogP contribution in [-0.4, -0.2) is 62.7 Å². The van der Waals surface area contributed by atoms with E-state index in [1.807, 2.05) is 0 Å². The lowest BCUT2D eigenvalue weighted by molar-refractivity contribution is 0.131. The van der Waals surface area contributed by atoms with Crippen LogP contribution in [0.4, 0.5) is 0 Å². The summed E-state index contributed by atoms with van der Waals surface area (Å²) in [6.07, 6.45) is 0. The lowest BCUT2D eigenvalue weighted by Crippen LogP contribution is -2.45. The van der Waals surface area contributed by atoms with Crippen molar-refractivity contribution in [1.29, 1.82) is 0 Å². The van der Waals surface area contributed by atoms with Crippen LogP contribution >= 0.6 is 0 Å². The summed E-state index contributed by atoms with van der Waals surface area (Å²) in [5.41, 5.74) is 0. The molecule has 3 nitrogen and oxygen atoms in total. The summed E-state index contributed by atoms with van der Waals surface area (Å²) in [7, 11) is 4.32. The van der Waals surface area contributed by atoms with Gasteiger partial charge in [-0.1, -0.05) is 34.6 Å². The van der Waals surface area contributed by atoms with Gasteiger partial charge in [-0.25, -0.2) is 0 Å². The standard InChI is InChI=1S/C17H39N3/c1-14(2)11-18-12-16(5)17(6)20(13-15(3)4)10-9-19(7)8/h14-18H,9-13H2,1-8H3. The van der Waals surface area contributed by atoms with E-state index in [1.165, 1.54) is 13.1 Å². The lowest BCUT2D eigenvalue weighted by atomic mass is 10.0. The zero-order chi connectivity index (χ0) is 15.7. The van der Waals surface area contributed by atoms with Gasteiger partial charge in [0.15, 0.2) is 0 Å². The summed E-state index contributed by atoms with van der Waals surface area (Å²) in [5.74, 6) is 2.16. The predicted molar refractivity (Wildman–Crippen MR) is 91.3 cm³/mol. The minimum Gasteiger partial charge on any atom is -0.316 e. The smallest absolute Gasteiger partial charge is 0.0112 e. The Kier molecular flexibility index (Phi) is 10.5. The molecule has 20 heavy (non-hydrogen) atoms. The molecule has 0 radical (unpaired) electrons. The summed E-state index contributed by atoms with van der Waals surface area (Å²) in [5, 5.41) is 3.60. The third kappa shape index (κ3) is 9.73. The van der Waals surface area contributed by atoms with E-state index >= 15 is 0 Å². The van der Waals surface area contributed by atoms with Gasteiger partial charge < -0.3 is 10.2 Å². The maximum atomic E-state index is 3.60. The van der Waals surface area contributed by atoms with Gasteiger partial charge in [0.05, 0.1) is 0 Å². The zero-order valence-electron chi connectivity index (χ0n) is 15.2. The van der Waals surface area contributed by atoms with Crippen molar-refractivity contribution in [3.05, 3.63) is 0 Å². The largest absolute Gasteiger partial charge is 0.316 e. The van der Waals surface area contributed by atoms with Gasteiger partial charge in [0.2, 0.25) is 0 Å². The number of rotatable bonds is 11. The molecular formula is C17H39N3. The average molecular weight is 286 g/mol. The Hall–Kier alpha value is -0.120. The van der Waals surface area contributed by atoms with E-state index in [1.54, 1.807) is 0 Å². The van der Waals surface area contributed by atoms with E-state index in [0.29, 0.717) is 12.0 Å². The maximum absolute atomic E-state index is 3.60. The van der Waals surface area contributed by atoms with Gasteiger partial charge in [0, 0.05) is 25.7 Å². The molecule has 0 heterocycles. The van der Waals surface area contributed by atoms with Crippen molar-refractivity contribution in [3.8, 4) is 0 Å². The molecule has 0 aromatic rings. The predicted octanol–water partition coefficient (Wildman–Crippen LogP) is 2.78. The third-order valence-electron chi connectivity index (χ3n) is 3.85. The van der Waals surface area contributed by atoms with Crippen LogP contribution in [0.15, 0.2) is 0 Å². The zero-order valence-corrected chi connectivity index (χ0v) is 15.2. The summed E-state index contributed by atoms with van der Waals surface area (Å²) in [6, 6.07) is 0.636. The van der Waals surface area contributed by atoms with Gasteiger partial charge in [-0.05, 0) is 51.9 Å². The van der Waals surface area contributed by atoms with E-state index in [2.05, 4.69) is 70.8 Å². The van der Waals surface area contributed by atoms with Crippen molar-refractivity contribution in [2.24, 2.45) is 17.8 Å². The number of hydrogen-bond donors (Lipinski definition) is 1. The molecule has 0 aromatic heterocycles. The molecule has 122 valence electrons. The van der Waals surface area contributed by atoms with Crippen molar-refractivity contribution in [2.75, 3.05) is 46.8 Å². The number of hydrogen-bond acceptors (Lipinski definition) is 3. The molecule has 2 unspecified atom stereocenters. The quantitative estimate of drug-likeness (QED) is 0.630. The Balaban J connectivity index is 4.31. The highest BCUT2D eigenvalue weighted by atomic mass is 15.2. The Morgan fingerprint density at radius 3 is 1.85 bits per heavy atom. The van der Waals surface area contributed by atoms with Gasteiger partial charge in [0.25, 0.3) is 0 Å². The first-order chi connectivity index (χ1) is 9.23. The highest BCUT2D eigenvalue weighted by molar-refractivity contribution is 4.76. The second-order valence-corrected chi connectivity index (χ2v) is 7.46. The first kappa shape index (κ1) is 19.9. The van der Waals surface area contributed by atoms with Crippen LogP contribution in [0.3, 0.4) is 0 Å². The first-order valence-corrected chi connectivity index (χ1v) is 8.33. The lowest BCUT2D eigenvalue weighted by Gasteiger charge is -2.35. The molecule has 0 rings (SSSR count). The third-order valence-corrected chi connectivity index (χ3v) is 3.85. The van der Waals surface area contributed by atoms with Crippen LogP contribution in [0.5, 0.6) is 0 Å². The van der Waals surface area contributed by atoms with Crippen molar-refractivity contribution >= 4 is 0 Å². The van der Waals surface area contributed by atoms with Gasteiger partial charge in [0.1, 0.15) is 0 Å². The van der Waals surface area contributed by atoms with Crippen LogP contribution in [0.25, 0.3) is 0 Å². The molecule has 0 aliphatic heterocycles. The van der Waals surface area contributed by atoms with Crippen molar-refractivity contribution in [1.82, 2.24) is 15.1 Å². The van der Waals surface area contributed by atoms with Crippen LogP contribution in [0, 0.1) is 17.8 Å². The highest BCUT2D eigenvalue weighted by Gasteiger charge is 2.20. The molecule has 1 N–H and O–H groups in total. The topological polar surface area (TPSA) is 18.5 Å². The van der Waals surface area contributed by atoms with Crippen LogP contribution in [0.1, 0.15) is 41.5 Å². The monoisotopic (exact) mass is 285 g/mol. The molecule has 0 aliphatic carbocycles. The van der Waals surface area contributed by atoms with E-state index in [0.717, 1.165) is 31.5 Å². The SMILES string of the molecule is CC(C)CNCC(C)C(C)N(CCN(C)C)CC(C)C. The molecule has 0 aromatic carbocycles. The van der Waals surface area contributed by atoms with Gasteiger partial charge in [-0.3, -0.25) is 4.90 Å². The molecule has 2 atom stereocenters. The van der Waals surface area contributed by atoms with Crippen LogP contribution in [0.2, 0.25) is 0 Å². The highest BCUT2D eigenvalue weighted by Crippen LogP contribution is 2.13. The fourth-order valence-corrected chi connectivity index (χ4v) is 2.39. The Bertz CT molecular complexity index is 226. The second kappa shape index (κ2) is 10.6. The molecule has 3 heteroatoms.